The molecule has 0 saturated carbocycles. The number of carboxylic acids is 1. The molecule has 0 aliphatic rings. The largest absolute Gasteiger partial charge is 0.481 e. The topological polar surface area (TPSA) is 95.5 Å². The molecule has 0 aliphatic heterocycles. The molecule has 3 N–H and O–H groups in total. The molecule has 0 aliphatic carbocycles. The van der Waals surface area contributed by atoms with Gasteiger partial charge in [-0.05, 0) is 32.1 Å². The SMILES string of the molecule is CCCCCCCC/C=C\CCCCCCCC(=O)NCCNC(=O)CCC(=O)O. The van der Waals surface area contributed by atoms with Crippen molar-refractivity contribution in [2.24, 2.45) is 0 Å². The highest BCUT2D eigenvalue weighted by Crippen LogP contribution is 2.09. The summed E-state index contributed by atoms with van der Waals surface area (Å²) >= 11 is 0. The standard InChI is InChI=1S/C24H44N2O4/c1-2-3-4-5-6-7-8-9-10-11-12-13-14-15-16-17-22(27)25-20-21-26-23(28)18-19-24(29)30/h9-10H,2-8,11-21H2,1H3,(H,25,27)(H,26,28)(H,29,30)/b10-9-. The van der Waals surface area contributed by atoms with Crippen LogP contribution in [-0.2, 0) is 14.4 Å². The molecular formula is C24H44N2O4. The van der Waals surface area contributed by atoms with Gasteiger partial charge in [0.15, 0.2) is 0 Å². The summed E-state index contributed by atoms with van der Waals surface area (Å²) in [5, 5.41) is 13.9. The molecule has 0 radical (unpaired) electrons. The number of amides is 2. The maximum atomic E-state index is 11.7. The molecule has 0 spiro atoms. The normalized spacial score (nSPS) is 11.0. The average Bonchev–Trinajstić information content (AvgIpc) is 2.72. The summed E-state index contributed by atoms with van der Waals surface area (Å²) in [6, 6.07) is 0. The number of aliphatic carboxylic acids is 1. The molecule has 0 heterocycles. The molecular weight excluding hydrogens is 380 g/mol. The first-order chi connectivity index (χ1) is 14.6. The second kappa shape index (κ2) is 21.8. The summed E-state index contributed by atoms with van der Waals surface area (Å²) in [5.74, 6) is -1.28. The Morgan fingerprint density at radius 1 is 0.633 bits per heavy atom. The minimum Gasteiger partial charge on any atom is -0.481 e. The maximum Gasteiger partial charge on any atom is 0.303 e. The van der Waals surface area contributed by atoms with Crippen LogP contribution in [0.4, 0.5) is 0 Å². The minimum absolute atomic E-state index is 0.00686. The third-order valence-electron chi connectivity index (χ3n) is 5.00. The number of hydrogen-bond donors (Lipinski definition) is 3. The highest BCUT2D eigenvalue weighted by molar-refractivity contribution is 5.80. The molecule has 0 saturated heterocycles. The van der Waals surface area contributed by atoms with Gasteiger partial charge in [0.1, 0.15) is 0 Å². The summed E-state index contributed by atoms with van der Waals surface area (Å²) in [7, 11) is 0. The monoisotopic (exact) mass is 424 g/mol. The van der Waals surface area contributed by atoms with Crippen LogP contribution in [0.25, 0.3) is 0 Å². The van der Waals surface area contributed by atoms with Crippen LogP contribution in [0.5, 0.6) is 0 Å². The molecule has 6 nitrogen and oxygen atoms in total. The van der Waals surface area contributed by atoms with E-state index < -0.39 is 5.97 Å². The molecule has 0 fully saturated rings. The fraction of sp³-hybridized carbons (Fsp3) is 0.792. The van der Waals surface area contributed by atoms with E-state index in [0.29, 0.717) is 19.5 Å². The Morgan fingerprint density at radius 3 is 1.63 bits per heavy atom. The first-order valence-electron chi connectivity index (χ1n) is 12.0. The Kier molecular flexibility index (Phi) is 20.5. The van der Waals surface area contributed by atoms with Crippen LogP contribution >= 0.6 is 0 Å². The van der Waals surface area contributed by atoms with E-state index in [1.165, 1.54) is 57.8 Å². The van der Waals surface area contributed by atoms with E-state index in [4.69, 9.17) is 5.11 Å². The zero-order valence-corrected chi connectivity index (χ0v) is 19.1. The van der Waals surface area contributed by atoms with Gasteiger partial charge in [-0.1, -0.05) is 70.4 Å². The number of allylic oxidation sites excluding steroid dienone is 2. The number of unbranched alkanes of at least 4 members (excludes halogenated alkanes) is 11. The van der Waals surface area contributed by atoms with Gasteiger partial charge in [-0.3, -0.25) is 14.4 Å². The molecule has 6 heteroatoms. The lowest BCUT2D eigenvalue weighted by Gasteiger charge is -2.07. The second-order valence-corrected chi connectivity index (χ2v) is 7.93. The molecule has 174 valence electrons. The Morgan fingerprint density at radius 2 is 1.10 bits per heavy atom. The van der Waals surface area contributed by atoms with Crippen LogP contribution in [0.2, 0.25) is 0 Å². The van der Waals surface area contributed by atoms with Crippen LogP contribution in [0.15, 0.2) is 12.2 Å². The Balaban J connectivity index is 3.32. The smallest absolute Gasteiger partial charge is 0.303 e. The van der Waals surface area contributed by atoms with Crippen molar-refractivity contribution in [3.05, 3.63) is 12.2 Å². The number of rotatable bonds is 21. The lowest BCUT2D eigenvalue weighted by molar-refractivity contribution is -0.138. The third kappa shape index (κ3) is 22.4. The quantitative estimate of drug-likeness (QED) is 0.176. The summed E-state index contributed by atoms with van der Waals surface area (Å²) in [6.45, 7) is 2.96. The summed E-state index contributed by atoms with van der Waals surface area (Å²) < 4.78 is 0. The van der Waals surface area contributed by atoms with Crippen molar-refractivity contribution in [2.45, 2.75) is 110 Å². The van der Waals surface area contributed by atoms with Gasteiger partial charge < -0.3 is 15.7 Å². The summed E-state index contributed by atoms with van der Waals surface area (Å²) in [6.07, 6.45) is 21.0. The fourth-order valence-electron chi connectivity index (χ4n) is 3.16. The molecule has 0 unspecified atom stereocenters. The number of nitrogens with one attached hydrogen (secondary N) is 2. The van der Waals surface area contributed by atoms with Gasteiger partial charge in [-0.25, -0.2) is 0 Å². The van der Waals surface area contributed by atoms with E-state index >= 15 is 0 Å². The lowest BCUT2D eigenvalue weighted by Crippen LogP contribution is -2.34. The maximum absolute atomic E-state index is 11.7. The third-order valence-corrected chi connectivity index (χ3v) is 5.00. The predicted octanol–water partition coefficient (Wildman–Crippen LogP) is 5.12. The van der Waals surface area contributed by atoms with Gasteiger partial charge in [0.05, 0.1) is 6.42 Å². The number of hydrogen-bond acceptors (Lipinski definition) is 3. The number of carbonyl (C=O) groups is 3. The molecule has 0 aromatic carbocycles. The number of carbonyl (C=O) groups excluding carboxylic acids is 2. The van der Waals surface area contributed by atoms with E-state index in [9.17, 15) is 14.4 Å². The van der Waals surface area contributed by atoms with E-state index in [1.807, 2.05) is 0 Å². The van der Waals surface area contributed by atoms with Gasteiger partial charge in [-0.2, -0.15) is 0 Å². The molecule has 2 amide bonds. The summed E-state index contributed by atoms with van der Waals surface area (Å²) in [4.78, 5) is 33.4. The zero-order valence-electron chi connectivity index (χ0n) is 19.1. The predicted molar refractivity (Wildman–Crippen MR) is 122 cm³/mol. The van der Waals surface area contributed by atoms with Crippen molar-refractivity contribution >= 4 is 17.8 Å². The second-order valence-electron chi connectivity index (χ2n) is 7.93. The van der Waals surface area contributed by atoms with Crippen molar-refractivity contribution in [3.8, 4) is 0 Å². The zero-order chi connectivity index (χ0) is 22.3. The van der Waals surface area contributed by atoms with Crippen LogP contribution in [-0.4, -0.2) is 36.0 Å². The van der Waals surface area contributed by atoms with Crippen LogP contribution in [0.3, 0.4) is 0 Å². The van der Waals surface area contributed by atoms with Gasteiger partial charge in [0.25, 0.3) is 0 Å². The molecule has 0 bridgehead atoms. The molecule has 0 rings (SSSR count). The summed E-state index contributed by atoms with van der Waals surface area (Å²) in [5.41, 5.74) is 0. The fourth-order valence-corrected chi connectivity index (χ4v) is 3.16. The van der Waals surface area contributed by atoms with Gasteiger partial charge >= 0.3 is 5.97 Å². The highest BCUT2D eigenvalue weighted by Gasteiger charge is 2.05. The van der Waals surface area contributed by atoms with Crippen LogP contribution in [0.1, 0.15) is 110 Å². The van der Waals surface area contributed by atoms with E-state index in [-0.39, 0.29) is 24.7 Å². The van der Waals surface area contributed by atoms with E-state index in [2.05, 4.69) is 29.7 Å². The van der Waals surface area contributed by atoms with Crippen molar-refractivity contribution in [1.82, 2.24) is 10.6 Å². The van der Waals surface area contributed by atoms with Crippen molar-refractivity contribution < 1.29 is 19.5 Å². The van der Waals surface area contributed by atoms with Crippen molar-refractivity contribution in [2.75, 3.05) is 13.1 Å². The Bertz CT molecular complexity index is 478. The van der Waals surface area contributed by atoms with E-state index in [1.54, 1.807) is 0 Å². The van der Waals surface area contributed by atoms with Crippen molar-refractivity contribution in [1.29, 1.82) is 0 Å². The lowest BCUT2D eigenvalue weighted by atomic mass is 10.1. The van der Waals surface area contributed by atoms with Crippen LogP contribution < -0.4 is 10.6 Å². The highest BCUT2D eigenvalue weighted by atomic mass is 16.4. The molecule has 0 aromatic rings. The number of carboxylic acid groups (broad SMARTS) is 1. The Labute approximate surface area is 183 Å². The molecule has 0 aromatic heterocycles. The molecule has 30 heavy (non-hydrogen) atoms. The van der Waals surface area contributed by atoms with Gasteiger partial charge in [0.2, 0.25) is 11.8 Å². The Hall–Kier alpha value is -1.85. The van der Waals surface area contributed by atoms with Gasteiger partial charge in [0, 0.05) is 25.9 Å². The minimum atomic E-state index is -0.988. The van der Waals surface area contributed by atoms with Gasteiger partial charge in [-0.15, -0.1) is 0 Å². The van der Waals surface area contributed by atoms with Crippen molar-refractivity contribution in [3.63, 3.8) is 0 Å². The van der Waals surface area contributed by atoms with E-state index in [0.717, 1.165) is 25.7 Å². The van der Waals surface area contributed by atoms with Crippen LogP contribution in [0, 0.1) is 0 Å². The first-order valence-corrected chi connectivity index (χ1v) is 12.0. The molecule has 0 atom stereocenters. The average molecular weight is 425 g/mol. The first kappa shape index (κ1) is 28.1.